The van der Waals surface area contributed by atoms with Crippen LogP contribution in [0.5, 0.6) is 5.75 Å². The van der Waals surface area contributed by atoms with E-state index < -0.39 is 5.97 Å². The summed E-state index contributed by atoms with van der Waals surface area (Å²) in [7, 11) is 3.45. The molecule has 2 aromatic heterocycles. The third kappa shape index (κ3) is 4.25. The summed E-state index contributed by atoms with van der Waals surface area (Å²) in [6.07, 6.45) is 2.22. The van der Waals surface area contributed by atoms with Crippen LogP contribution in [-0.2, 0) is 4.74 Å². The van der Waals surface area contributed by atoms with Crippen LogP contribution in [-0.4, -0.2) is 60.3 Å². The van der Waals surface area contributed by atoms with Gasteiger partial charge in [-0.05, 0) is 50.2 Å². The predicted molar refractivity (Wildman–Crippen MR) is 111 cm³/mol. The second-order valence-corrected chi connectivity index (χ2v) is 8.07. The molecule has 0 aliphatic carbocycles. The summed E-state index contributed by atoms with van der Waals surface area (Å²) in [5.74, 6) is 0.449. The molecular weight excluding hydrogens is 392 g/mol. The highest BCUT2D eigenvalue weighted by Gasteiger charge is 2.19. The van der Waals surface area contributed by atoms with Crippen molar-refractivity contribution < 1.29 is 19.1 Å². The molecule has 1 saturated heterocycles. The van der Waals surface area contributed by atoms with Gasteiger partial charge < -0.3 is 19.7 Å². The van der Waals surface area contributed by atoms with Crippen LogP contribution in [0, 0.1) is 0 Å². The van der Waals surface area contributed by atoms with Crippen LogP contribution in [0.4, 0.5) is 5.82 Å². The van der Waals surface area contributed by atoms with E-state index in [9.17, 15) is 9.59 Å². The summed E-state index contributed by atoms with van der Waals surface area (Å²) in [5.41, 5.74) is 1.18. The SMILES string of the molecule is COC(=O)c1cc2[nH]nc(NC(=O)c3ccc(OC4CCN(C)CC4)cc3)c2s1. The Morgan fingerprint density at radius 2 is 1.97 bits per heavy atom. The number of hydrogen-bond donors (Lipinski definition) is 2. The molecule has 0 radical (unpaired) electrons. The third-order valence-corrected chi connectivity index (χ3v) is 6.06. The number of nitrogens with one attached hydrogen (secondary N) is 2. The Labute approximate surface area is 171 Å². The normalized spacial score (nSPS) is 15.4. The van der Waals surface area contributed by atoms with Crippen LogP contribution in [0.2, 0.25) is 0 Å². The summed E-state index contributed by atoms with van der Waals surface area (Å²) in [6.45, 7) is 2.06. The molecule has 0 saturated carbocycles. The first-order valence-corrected chi connectivity index (χ1v) is 10.2. The largest absolute Gasteiger partial charge is 0.490 e. The van der Waals surface area contributed by atoms with Crippen molar-refractivity contribution in [1.82, 2.24) is 15.1 Å². The molecule has 0 bridgehead atoms. The van der Waals surface area contributed by atoms with Gasteiger partial charge >= 0.3 is 5.97 Å². The maximum Gasteiger partial charge on any atom is 0.348 e. The molecule has 3 heterocycles. The van der Waals surface area contributed by atoms with Gasteiger partial charge in [-0.15, -0.1) is 11.3 Å². The summed E-state index contributed by atoms with van der Waals surface area (Å²) in [6, 6.07) is 8.75. The maximum atomic E-state index is 12.6. The Kier molecular flexibility index (Phi) is 5.50. The van der Waals surface area contributed by atoms with Gasteiger partial charge in [-0.1, -0.05) is 0 Å². The van der Waals surface area contributed by atoms with Gasteiger partial charge in [0.1, 0.15) is 16.7 Å². The number of anilines is 1. The number of H-pyrrole nitrogens is 1. The van der Waals surface area contributed by atoms with E-state index in [-0.39, 0.29) is 12.0 Å². The van der Waals surface area contributed by atoms with Crippen molar-refractivity contribution >= 4 is 39.2 Å². The van der Waals surface area contributed by atoms with Gasteiger partial charge in [0.2, 0.25) is 0 Å². The van der Waals surface area contributed by atoms with Crippen molar-refractivity contribution in [2.45, 2.75) is 18.9 Å². The van der Waals surface area contributed by atoms with Gasteiger partial charge in [0.25, 0.3) is 5.91 Å². The Morgan fingerprint density at radius 3 is 2.66 bits per heavy atom. The molecular formula is C20H22N4O4S. The number of esters is 1. The minimum Gasteiger partial charge on any atom is -0.490 e. The van der Waals surface area contributed by atoms with Crippen molar-refractivity contribution in [2.75, 3.05) is 32.6 Å². The summed E-state index contributed by atoms with van der Waals surface area (Å²) < 4.78 is 11.4. The average Bonchev–Trinajstić information content (AvgIpc) is 3.31. The quantitative estimate of drug-likeness (QED) is 0.623. The molecule has 9 heteroatoms. The van der Waals surface area contributed by atoms with E-state index in [4.69, 9.17) is 9.47 Å². The number of likely N-dealkylation sites (tertiary alicyclic amines) is 1. The molecule has 4 rings (SSSR count). The van der Waals surface area contributed by atoms with E-state index in [1.54, 1.807) is 18.2 Å². The zero-order valence-electron chi connectivity index (χ0n) is 16.2. The number of amides is 1. The van der Waals surface area contributed by atoms with E-state index in [0.717, 1.165) is 31.7 Å². The van der Waals surface area contributed by atoms with Crippen molar-refractivity contribution in [1.29, 1.82) is 0 Å². The molecule has 0 spiro atoms. The van der Waals surface area contributed by atoms with Gasteiger partial charge in [-0.2, -0.15) is 5.10 Å². The topological polar surface area (TPSA) is 96.6 Å². The number of hydrogen-bond acceptors (Lipinski definition) is 7. The third-order valence-electron chi connectivity index (χ3n) is 4.94. The number of ether oxygens (including phenoxy) is 2. The predicted octanol–water partition coefficient (Wildman–Crippen LogP) is 3.14. The maximum absolute atomic E-state index is 12.6. The Hall–Kier alpha value is -2.91. The molecule has 0 unspecified atom stereocenters. The fourth-order valence-corrected chi connectivity index (χ4v) is 4.23. The average molecular weight is 414 g/mol. The smallest absolute Gasteiger partial charge is 0.348 e. The minimum atomic E-state index is -0.419. The highest BCUT2D eigenvalue weighted by Crippen LogP contribution is 2.30. The second-order valence-electron chi connectivity index (χ2n) is 7.02. The fourth-order valence-electron chi connectivity index (χ4n) is 3.26. The zero-order chi connectivity index (χ0) is 20.4. The molecule has 152 valence electrons. The summed E-state index contributed by atoms with van der Waals surface area (Å²) in [4.78, 5) is 27.0. The van der Waals surface area contributed by atoms with Gasteiger partial charge in [-0.3, -0.25) is 9.89 Å². The van der Waals surface area contributed by atoms with Crippen molar-refractivity contribution in [2.24, 2.45) is 0 Å². The number of aromatic amines is 1. The number of methoxy groups -OCH3 is 1. The number of carbonyl (C=O) groups is 2. The lowest BCUT2D eigenvalue weighted by molar-refractivity contribution is 0.0606. The highest BCUT2D eigenvalue weighted by molar-refractivity contribution is 7.21. The van der Waals surface area contributed by atoms with Crippen LogP contribution >= 0.6 is 11.3 Å². The van der Waals surface area contributed by atoms with Gasteiger partial charge in [0.15, 0.2) is 5.82 Å². The van der Waals surface area contributed by atoms with Crippen molar-refractivity contribution in [3.8, 4) is 5.75 Å². The molecule has 0 atom stereocenters. The minimum absolute atomic E-state index is 0.214. The Balaban J connectivity index is 1.41. The number of fused-ring (bicyclic) bond motifs is 1. The molecule has 2 N–H and O–H groups in total. The number of benzene rings is 1. The molecule has 1 aromatic carbocycles. The lowest BCUT2D eigenvalue weighted by atomic mass is 10.1. The van der Waals surface area contributed by atoms with E-state index in [2.05, 4.69) is 27.5 Å². The van der Waals surface area contributed by atoms with Crippen LogP contribution in [0.25, 0.3) is 10.2 Å². The van der Waals surface area contributed by atoms with Crippen molar-refractivity contribution in [3.05, 3.63) is 40.8 Å². The highest BCUT2D eigenvalue weighted by atomic mass is 32.1. The van der Waals surface area contributed by atoms with E-state index in [0.29, 0.717) is 26.5 Å². The van der Waals surface area contributed by atoms with Crippen LogP contribution in [0.1, 0.15) is 32.9 Å². The zero-order valence-corrected chi connectivity index (χ0v) is 17.0. The standard InChI is InChI=1S/C20H22N4O4S/c1-24-9-7-14(8-10-24)28-13-5-3-12(4-6-13)19(25)21-18-17-15(22-23-18)11-16(29-17)20(26)27-2/h3-6,11,14H,7-10H2,1-2H3,(H2,21,22,23,25). The molecule has 1 amide bonds. The van der Waals surface area contributed by atoms with E-state index in [1.165, 1.54) is 18.4 Å². The number of thiophene rings is 1. The molecule has 3 aromatic rings. The van der Waals surface area contributed by atoms with Gasteiger partial charge in [0, 0.05) is 18.7 Å². The number of piperidine rings is 1. The molecule has 1 aliphatic rings. The number of rotatable bonds is 5. The molecule has 8 nitrogen and oxygen atoms in total. The van der Waals surface area contributed by atoms with Crippen LogP contribution in [0.3, 0.4) is 0 Å². The molecule has 29 heavy (non-hydrogen) atoms. The summed E-state index contributed by atoms with van der Waals surface area (Å²) >= 11 is 1.22. The van der Waals surface area contributed by atoms with Crippen molar-refractivity contribution in [3.63, 3.8) is 0 Å². The molecule has 1 aliphatic heterocycles. The first-order valence-electron chi connectivity index (χ1n) is 9.36. The number of carbonyl (C=O) groups excluding carboxylic acids is 2. The van der Waals surface area contributed by atoms with Crippen LogP contribution in [0.15, 0.2) is 30.3 Å². The number of nitrogens with zero attached hydrogens (tertiary/aromatic N) is 2. The first kappa shape index (κ1) is 19.4. The number of aromatic nitrogens is 2. The van der Waals surface area contributed by atoms with E-state index in [1.807, 2.05) is 12.1 Å². The second kappa shape index (κ2) is 8.22. The monoisotopic (exact) mass is 414 g/mol. The van der Waals surface area contributed by atoms with Crippen LogP contribution < -0.4 is 10.1 Å². The Morgan fingerprint density at radius 1 is 1.24 bits per heavy atom. The Bertz CT molecular complexity index is 1020. The van der Waals surface area contributed by atoms with E-state index >= 15 is 0 Å². The lowest BCUT2D eigenvalue weighted by Gasteiger charge is -2.29. The first-order chi connectivity index (χ1) is 14.0. The molecule has 1 fully saturated rings. The van der Waals surface area contributed by atoms with Gasteiger partial charge in [0.05, 0.1) is 17.3 Å². The lowest BCUT2D eigenvalue weighted by Crippen LogP contribution is -2.35. The fraction of sp³-hybridized carbons (Fsp3) is 0.350. The summed E-state index contributed by atoms with van der Waals surface area (Å²) in [5, 5.41) is 9.73. The van der Waals surface area contributed by atoms with Gasteiger partial charge in [-0.25, -0.2) is 4.79 Å².